The highest BCUT2D eigenvalue weighted by Gasteiger charge is 2.16. The Balaban J connectivity index is 1.80. The molecule has 128 valence electrons. The normalized spacial score (nSPS) is 12.0. The molecule has 0 aliphatic rings. The Bertz CT molecular complexity index is 870. The molecule has 2 N–H and O–H groups in total. The van der Waals surface area contributed by atoms with Gasteiger partial charge in [0.15, 0.2) is 0 Å². The molecule has 3 aromatic rings. The molecule has 1 amide bonds. The topological polar surface area (TPSA) is 67.2 Å². The molecule has 0 saturated carbocycles. The summed E-state index contributed by atoms with van der Waals surface area (Å²) in [5.41, 5.74) is 3.75. The van der Waals surface area contributed by atoms with Crippen molar-refractivity contribution in [3.8, 4) is 0 Å². The van der Waals surface area contributed by atoms with Crippen LogP contribution in [0.1, 0.15) is 40.2 Å². The highest BCUT2D eigenvalue weighted by atomic mass is 16.3. The first kappa shape index (κ1) is 16.9. The van der Waals surface area contributed by atoms with Gasteiger partial charge in [-0.1, -0.05) is 48.5 Å². The highest BCUT2D eigenvalue weighted by Crippen LogP contribution is 2.23. The molecule has 0 spiro atoms. The number of nitrogens with one attached hydrogen (secondary N) is 1. The van der Waals surface area contributed by atoms with E-state index >= 15 is 0 Å². The molecule has 0 saturated heterocycles. The molecule has 5 nitrogen and oxygen atoms in total. The summed E-state index contributed by atoms with van der Waals surface area (Å²) in [5.74, 6) is -0.232. The van der Waals surface area contributed by atoms with Crippen LogP contribution >= 0.6 is 0 Å². The lowest BCUT2D eigenvalue weighted by atomic mass is 10.1. The van der Waals surface area contributed by atoms with Crippen molar-refractivity contribution in [2.45, 2.75) is 26.5 Å². The zero-order valence-electron chi connectivity index (χ0n) is 14.3. The summed E-state index contributed by atoms with van der Waals surface area (Å²) in [7, 11) is 0. The van der Waals surface area contributed by atoms with E-state index in [0.29, 0.717) is 23.4 Å². The molecule has 1 atom stereocenters. The van der Waals surface area contributed by atoms with Gasteiger partial charge in [0, 0.05) is 16.9 Å². The van der Waals surface area contributed by atoms with E-state index in [4.69, 9.17) is 0 Å². The maximum atomic E-state index is 12.6. The minimum Gasteiger partial charge on any atom is -0.389 e. The lowest BCUT2D eigenvalue weighted by molar-refractivity contribution is 0.102. The average Bonchev–Trinajstić information content (AvgIpc) is 2.97. The first-order valence-corrected chi connectivity index (χ1v) is 8.21. The second-order valence-corrected chi connectivity index (χ2v) is 6.00. The third kappa shape index (κ3) is 3.78. The van der Waals surface area contributed by atoms with Crippen LogP contribution in [0.2, 0.25) is 0 Å². The lowest BCUT2D eigenvalue weighted by Gasteiger charge is -2.13. The first-order chi connectivity index (χ1) is 12.1. The number of aliphatic hydroxyl groups excluding tert-OH is 1. The lowest BCUT2D eigenvalue weighted by Crippen LogP contribution is -2.15. The smallest absolute Gasteiger partial charge is 0.259 e. The average molecular weight is 335 g/mol. The van der Waals surface area contributed by atoms with E-state index in [9.17, 15) is 9.90 Å². The van der Waals surface area contributed by atoms with Crippen molar-refractivity contribution in [3.63, 3.8) is 0 Å². The van der Waals surface area contributed by atoms with Gasteiger partial charge in [0.05, 0.1) is 24.4 Å². The van der Waals surface area contributed by atoms with E-state index < -0.39 is 6.10 Å². The van der Waals surface area contributed by atoms with Crippen molar-refractivity contribution < 1.29 is 9.90 Å². The summed E-state index contributed by atoms with van der Waals surface area (Å²) in [6.45, 7) is 4.17. The van der Waals surface area contributed by atoms with Crippen LogP contribution in [0.25, 0.3) is 0 Å². The van der Waals surface area contributed by atoms with Crippen LogP contribution in [0.3, 0.4) is 0 Å². The van der Waals surface area contributed by atoms with Crippen LogP contribution in [0.15, 0.2) is 60.8 Å². The Kier molecular flexibility index (Phi) is 4.95. The van der Waals surface area contributed by atoms with Gasteiger partial charge in [0.1, 0.15) is 0 Å². The van der Waals surface area contributed by atoms with E-state index in [1.54, 1.807) is 25.3 Å². The molecule has 1 aromatic heterocycles. The Morgan fingerprint density at radius 2 is 1.84 bits per heavy atom. The van der Waals surface area contributed by atoms with Crippen LogP contribution in [0.5, 0.6) is 0 Å². The molecule has 0 aliphatic carbocycles. The van der Waals surface area contributed by atoms with E-state index in [1.807, 2.05) is 54.1 Å². The second kappa shape index (κ2) is 7.32. The number of anilines is 1. The number of carbonyl (C=O) groups excluding carboxylic acids is 1. The number of carbonyl (C=O) groups is 1. The Labute approximate surface area is 146 Å². The van der Waals surface area contributed by atoms with Gasteiger partial charge in [-0.3, -0.25) is 9.48 Å². The maximum Gasteiger partial charge on any atom is 0.259 e. The number of nitrogens with zero attached hydrogens (tertiary/aromatic N) is 2. The molecule has 1 heterocycles. The van der Waals surface area contributed by atoms with E-state index in [2.05, 4.69) is 10.4 Å². The van der Waals surface area contributed by atoms with Crippen LogP contribution < -0.4 is 5.32 Å². The number of rotatable bonds is 5. The third-order valence-electron chi connectivity index (χ3n) is 4.18. The number of hydrogen-bond acceptors (Lipinski definition) is 3. The molecule has 25 heavy (non-hydrogen) atoms. The van der Waals surface area contributed by atoms with Crippen molar-refractivity contribution in [1.29, 1.82) is 0 Å². The van der Waals surface area contributed by atoms with Crippen LogP contribution in [0, 0.1) is 6.92 Å². The van der Waals surface area contributed by atoms with E-state index in [-0.39, 0.29) is 5.91 Å². The molecular formula is C20H21N3O2. The zero-order chi connectivity index (χ0) is 17.8. The fraction of sp³-hybridized carbons (Fsp3) is 0.200. The molecule has 0 radical (unpaired) electrons. The summed E-state index contributed by atoms with van der Waals surface area (Å²) >= 11 is 0. The molecule has 0 bridgehead atoms. The first-order valence-electron chi connectivity index (χ1n) is 8.21. The fourth-order valence-corrected chi connectivity index (χ4v) is 2.75. The van der Waals surface area contributed by atoms with E-state index in [1.165, 1.54) is 0 Å². The maximum absolute atomic E-state index is 12.6. The van der Waals surface area contributed by atoms with Crippen molar-refractivity contribution in [1.82, 2.24) is 9.78 Å². The summed E-state index contributed by atoms with van der Waals surface area (Å²) in [5, 5.41) is 17.1. The fourth-order valence-electron chi connectivity index (χ4n) is 2.75. The predicted molar refractivity (Wildman–Crippen MR) is 97.5 cm³/mol. The number of hydrogen-bond donors (Lipinski definition) is 2. The van der Waals surface area contributed by atoms with Crippen LogP contribution in [-0.2, 0) is 6.54 Å². The zero-order valence-corrected chi connectivity index (χ0v) is 14.3. The molecule has 5 heteroatoms. The van der Waals surface area contributed by atoms with Gasteiger partial charge < -0.3 is 10.4 Å². The number of aliphatic hydroxyl groups is 1. The second-order valence-electron chi connectivity index (χ2n) is 6.00. The third-order valence-corrected chi connectivity index (χ3v) is 4.18. The van der Waals surface area contributed by atoms with Gasteiger partial charge in [-0.25, -0.2) is 0 Å². The number of aromatic nitrogens is 2. The summed E-state index contributed by atoms with van der Waals surface area (Å²) in [4.78, 5) is 12.6. The Hall–Kier alpha value is -2.92. The largest absolute Gasteiger partial charge is 0.389 e. The minimum absolute atomic E-state index is 0.232. The van der Waals surface area contributed by atoms with Gasteiger partial charge in [-0.05, 0) is 25.5 Å². The quantitative estimate of drug-likeness (QED) is 0.749. The van der Waals surface area contributed by atoms with Gasteiger partial charge in [-0.15, -0.1) is 0 Å². The summed E-state index contributed by atoms with van der Waals surface area (Å²) in [6, 6.07) is 17.2. The summed E-state index contributed by atoms with van der Waals surface area (Å²) in [6.07, 6.45) is 0.928. The van der Waals surface area contributed by atoms with Gasteiger partial charge >= 0.3 is 0 Å². The van der Waals surface area contributed by atoms with Crippen LogP contribution in [0.4, 0.5) is 5.69 Å². The standard InChI is InChI=1S/C20H21N3O2/c1-14-18(12-21-23(14)13-16-8-4-3-5-9-16)20(25)22-19-11-7-6-10-17(19)15(2)24/h3-12,15,24H,13H2,1-2H3,(H,22,25). The molecule has 3 rings (SSSR count). The molecule has 2 aromatic carbocycles. The van der Waals surface area contributed by atoms with Gasteiger partial charge in [-0.2, -0.15) is 5.10 Å². The van der Waals surface area contributed by atoms with Crippen LogP contribution in [-0.4, -0.2) is 20.8 Å². The van der Waals surface area contributed by atoms with Gasteiger partial charge in [0.25, 0.3) is 5.91 Å². The SMILES string of the molecule is Cc1c(C(=O)Nc2ccccc2C(C)O)cnn1Cc1ccccc1. The number of amides is 1. The minimum atomic E-state index is -0.654. The Morgan fingerprint density at radius 1 is 1.16 bits per heavy atom. The number of benzene rings is 2. The molecule has 0 aliphatic heterocycles. The molecule has 1 unspecified atom stereocenters. The van der Waals surface area contributed by atoms with Gasteiger partial charge in [0.2, 0.25) is 0 Å². The molecule has 0 fully saturated rings. The highest BCUT2D eigenvalue weighted by molar-refractivity contribution is 6.05. The van der Waals surface area contributed by atoms with Crippen molar-refractivity contribution in [2.24, 2.45) is 0 Å². The van der Waals surface area contributed by atoms with Crippen molar-refractivity contribution in [2.75, 3.05) is 5.32 Å². The van der Waals surface area contributed by atoms with E-state index in [0.717, 1.165) is 11.3 Å². The molecular weight excluding hydrogens is 314 g/mol. The Morgan fingerprint density at radius 3 is 2.56 bits per heavy atom. The monoisotopic (exact) mass is 335 g/mol. The summed E-state index contributed by atoms with van der Waals surface area (Å²) < 4.78 is 1.81. The van der Waals surface area contributed by atoms with Crippen molar-refractivity contribution >= 4 is 11.6 Å². The predicted octanol–water partition coefficient (Wildman–Crippen LogP) is 3.55. The number of para-hydroxylation sites is 1. The van der Waals surface area contributed by atoms with Crippen molar-refractivity contribution in [3.05, 3.63) is 83.2 Å².